The average molecular weight is 349 g/mol. The molecule has 2 rings (SSSR count). The second-order valence-corrected chi connectivity index (χ2v) is 6.83. The molecule has 1 aromatic heterocycles. The minimum atomic E-state index is -4.66. The first-order chi connectivity index (χ1) is 10.9. The van der Waals surface area contributed by atoms with Crippen LogP contribution in [0.2, 0.25) is 0 Å². The van der Waals surface area contributed by atoms with Crippen molar-refractivity contribution < 1.29 is 27.5 Å². The number of aromatic nitrogens is 1. The number of amides is 1. The minimum absolute atomic E-state index is 0.124. The van der Waals surface area contributed by atoms with Gasteiger partial charge < -0.3 is 14.9 Å². The third-order valence-corrected chi connectivity index (χ3v) is 4.07. The molecule has 0 spiro atoms. The van der Waals surface area contributed by atoms with Gasteiger partial charge in [-0.2, -0.15) is 13.2 Å². The lowest BCUT2D eigenvalue weighted by molar-refractivity contribution is -0.138. The summed E-state index contributed by atoms with van der Waals surface area (Å²) in [6.45, 7) is 6.01. The molecule has 1 saturated heterocycles. The van der Waals surface area contributed by atoms with E-state index in [1.165, 1.54) is 9.80 Å². The van der Waals surface area contributed by atoms with E-state index in [0.29, 0.717) is 12.3 Å². The summed E-state index contributed by atoms with van der Waals surface area (Å²) in [6.07, 6.45) is -5.15. The maximum Gasteiger partial charge on any atom is 0.417 e. The first-order valence-corrected chi connectivity index (χ1v) is 7.38. The van der Waals surface area contributed by atoms with E-state index in [1.807, 2.05) is 20.8 Å². The molecule has 24 heavy (non-hydrogen) atoms. The van der Waals surface area contributed by atoms with Crippen LogP contribution in [0, 0.1) is 11.2 Å². The fourth-order valence-corrected chi connectivity index (χ4v) is 2.76. The van der Waals surface area contributed by atoms with E-state index in [2.05, 4.69) is 4.98 Å². The minimum Gasteiger partial charge on any atom is -0.465 e. The molecular weight excluding hydrogens is 330 g/mol. The monoisotopic (exact) mass is 349 g/mol. The van der Waals surface area contributed by atoms with E-state index < -0.39 is 35.1 Å². The highest BCUT2D eigenvalue weighted by Crippen LogP contribution is 2.33. The van der Waals surface area contributed by atoms with Crippen LogP contribution in [0.25, 0.3) is 0 Å². The summed E-state index contributed by atoms with van der Waals surface area (Å²) in [5, 5.41) is 9.30. The van der Waals surface area contributed by atoms with E-state index in [0.717, 1.165) is 0 Å². The number of rotatable bonds is 1. The summed E-state index contributed by atoms with van der Waals surface area (Å²) < 4.78 is 51.9. The van der Waals surface area contributed by atoms with Gasteiger partial charge in [-0.3, -0.25) is 0 Å². The lowest BCUT2D eigenvalue weighted by atomic mass is 9.84. The van der Waals surface area contributed by atoms with Crippen molar-refractivity contribution in [2.45, 2.75) is 33.0 Å². The normalized spacial score (nSPS) is 19.5. The standard InChI is InChI=1S/C15H19F4N3O2/c1-14(2,3)11-8-21(4-5-22(11)13(23)24)12-10(16)6-9(7-20-12)15(17,18)19/h6-7,11H,4-5,8H2,1-3H3,(H,23,24). The third kappa shape index (κ3) is 3.70. The van der Waals surface area contributed by atoms with Crippen molar-refractivity contribution in [2.75, 3.05) is 24.5 Å². The SMILES string of the molecule is CC(C)(C)C1CN(c2ncc(C(F)(F)F)cc2F)CCN1C(=O)O. The summed E-state index contributed by atoms with van der Waals surface area (Å²) in [6, 6.07) is -0.0231. The van der Waals surface area contributed by atoms with Crippen molar-refractivity contribution in [3.8, 4) is 0 Å². The molecule has 134 valence electrons. The van der Waals surface area contributed by atoms with Crippen molar-refractivity contribution in [1.29, 1.82) is 0 Å². The third-order valence-electron chi connectivity index (χ3n) is 4.07. The van der Waals surface area contributed by atoms with Gasteiger partial charge in [-0.25, -0.2) is 14.2 Å². The highest BCUT2D eigenvalue weighted by Gasteiger charge is 2.39. The molecule has 0 radical (unpaired) electrons. The number of piperazine rings is 1. The Morgan fingerprint density at radius 3 is 2.38 bits per heavy atom. The van der Waals surface area contributed by atoms with Crippen LogP contribution in [-0.2, 0) is 6.18 Å². The molecule has 1 aliphatic rings. The van der Waals surface area contributed by atoms with Crippen molar-refractivity contribution in [2.24, 2.45) is 5.41 Å². The molecule has 5 nitrogen and oxygen atoms in total. The molecule has 1 amide bonds. The Morgan fingerprint density at radius 2 is 1.92 bits per heavy atom. The molecule has 1 atom stereocenters. The maximum atomic E-state index is 14.1. The number of anilines is 1. The summed E-state index contributed by atoms with van der Waals surface area (Å²) >= 11 is 0. The zero-order valence-corrected chi connectivity index (χ0v) is 13.6. The summed E-state index contributed by atoms with van der Waals surface area (Å²) in [5.74, 6) is -1.26. The van der Waals surface area contributed by atoms with Gasteiger partial charge in [0.15, 0.2) is 11.6 Å². The summed E-state index contributed by atoms with van der Waals surface area (Å²) in [7, 11) is 0. The van der Waals surface area contributed by atoms with Crippen LogP contribution in [0.5, 0.6) is 0 Å². The Bertz CT molecular complexity index is 628. The number of alkyl halides is 3. The molecule has 1 aliphatic heterocycles. The van der Waals surface area contributed by atoms with E-state index in [-0.39, 0.29) is 25.5 Å². The van der Waals surface area contributed by atoms with E-state index in [9.17, 15) is 27.5 Å². The number of hydrogen-bond acceptors (Lipinski definition) is 3. The molecule has 1 unspecified atom stereocenters. The van der Waals surface area contributed by atoms with Crippen molar-refractivity contribution in [3.05, 3.63) is 23.6 Å². The van der Waals surface area contributed by atoms with Crippen LogP contribution in [0.15, 0.2) is 12.3 Å². The molecule has 0 aromatic carbocycles. The topological polar surface area (TPSA) is 56.7 Å². The first kappa shape index (κ1) is 18.3. The highest BCUT2D eigenvalue weighted by atomic mass is 19.4. The van der Waals surface area contributed by atoms with Gasteiger partial charge in [0.2, 0.25) is 0 Å². The number of carbonyl (C=O) groups is 1. The van der Waals surface area contributed by atoms with Crippen molar-refractivity contribution in [1.82, 2.24) is 9.88 Å². The van der Waals surface area contributed by atoms with Crippen LogP contribution < -0.4 is 4.90 Å². The van der Waals surface area contributed by atoms with Crippen LogP contribution in [-0.4, -0.2) is 46.8 Å². The van der Waals surface area contributed by atoms with Gasteiger partial charge in [-0.15, -0.1) is 0 Å². The number of halogens is 4. The van der Waals surface area contributed by atoms with Gasteiger partial charge >= 0.3 is 12.3 Å². The molecule has 0 saturated carbocycles. The van der Waals surface area contributed by atoms with E-state index in [4.69, 9.17) is 0 Å². The molecule has 1 N–H and O–H groups in total. The lowest BCUT2D eigenvalue weighted by Gasteiger charge is -2.46. The molecule has 1 fully saturated rings. The van der Waals surface area contributed by atoms with Gasteiger partial charge in [0.25, 0.3) is 0 Å². The number of carboxylic acid groups (broad SMARTS) is 1. The Balaban J connectivity index is 2.29. The number of hydrogen-bond donors (Lipinski definition) is 1. The van der Waals surface area contributed by atoms with Gasteiger partial charge in [0.05, 0.1) is 11.6 Å². The highest BCUT2D eigenvalue weighted by molar-refractivity contribution is 5.66. The second-order valence-electron chi connectivity index (χ2n) is 6.83. The quantitative estimate of drug-likeness (QED) is 0.789. The van der Waals surface area contributed by atoms with Crippen LogP contribution in [0.3, 0.4) is 0 Å². The zero-order chi connectivity index (χ0) is 18.3. The predicted molar refractivity (Wildman–Crippen MR) is 79.4 cm³/mol. The smallest absolute Gasteiger partial charge is 0.417 e. The van der Waals surface area contributed by atoms with Crippen LogP contribution >= 0.6 is 0 Å². The van der Waals surface area contributed by atoms with Gasteiger partial charge in [-0.1, -0.05) is 20.8 Å². The van der Waals surface area contributed by atoms with E-state index in [1.54, 1.807) is 0 Å². The summed E-state index contributed by atoms with van der Waals surface area (Å²) in [4.78, 5) is 17.8. The van der Waals surface area contributed by atoms with Gasteiger partial charge in [0, 0.05) is 25.8 Å². The molecular formula is C15H19F4N3O2. The Kier molecular flexibility index (Phi) is 4.65. The molecule has 0 bridgehead atoms. The Hall–Kier alpha value is -2.06. The van der Waals surface area contributed by atoms with Crippen molar-refractivity contribution >= 4 is 11.9 Å². The first-order valence-electron chi connectivity index (χ1n) is 7.38. The Labute approximate surface area is 136 Å². The van der Waals surface area contributed by atoms with Gasteiger partial charge in [-0.05, 0) is 11.5 Å². The number of pyridine rings is 1. The largest absolute Gasteiger partial charge is 0.465 e. The van der Waals surface area contributed by atoms with Crippen LogP contribution in [0.1, 0.15) is 26.3 Å². The fraction of sp³-hybridized carbons (Fsp3) is 0.600. The van der Waals surface area contributed by atoms with E-state index >= 15 is 0 Å². The maximum absolute atomic E-state index is 14.1. The lowest BCUT2D eigenvalue weighted by Crippen LogP contribution is -2.59. The second kappa shape index (κ2) is 6.10. The number of nitrogens with zero attached hydrogens (tertiary/aromatic N) is 3. The molecule has 1 aromatic rings. The molecule has 9 heteroatoms. The summed E-state index contributed by atoms with van der Waals surface area (Å²) in [5.41, 5.74) is -1.57. The predicted octanol–water partition coefficient (Wildman–Crippen LogP) is 3.45. The Morgan fingerprint density at radius 1 is 1.29 bits per heavy atom. The van der Waals surface area contributed by atoms with Gasteiger partial charge in [0.1, 0.15) is 0 Å². The van der Waals surface area contributed by atoms with Crippen LogP contribution in [0.4, 0.5) is 28.2 Å². The zero-order valence-electron chi connectivity index (χ0n) is 13.6. The molecule has 0 aliphatic carbocycles. The average Bonchev–Trinajstić information content (AvgIpc) is 2.44. The fourth-order valence-electron chi connectivity index (χ4n) is 2.76. The van der Waals surface area contributed by atoms with Crippen molar-refractivity contribution in [3.63, 3.8) is 0 Å². The molecule has 2 heterocycles.